The monoisotopic (exact) mass is 326 g/mol. The van der Waals surface area contributed by atoms with Gasteiger partial charge in [-0.25, -0.2) is 8.78 Å². The molecule has 0 aliphatic carbocycles. The van der Waals surface area contributed by atoms with E-state index in [0.717, 1.165) is 18.2 Å². The van der Waals surface area contributed by atoms with Crippen LogP contribution < -0.4 is 9.47 Å². The van der Waals surface area contributed by atoms with E-state index in [1.807, 2.05) is 0 Å². The average Bonchev–Trinajstić information content (AvgIpc) is 2.54. The summed E-state index contributed by atoms with van der Waals surface area (Å²) in [5.41, 5.74) is -0.810. The van der Waals surface area contributed by atoms with Crippen LogP contribution >= 0.6 is 0 Å². The molecule has 0 aliphatic heterocycles. The number of rotatable bonds is 5. The summed E-state index contributed by atoms with van der Waals surface area (Å²) in [4.78, 5) is 0. The third-order valence-corrected chi connectivity index (χ3v) is 3.01. The third-order valence-electron chi connectivity index (χ3n) is 3.01. The van der Waals surface area contributed by atoms with Crippen molar-refractivity contribution in [3.63, 3.8) is 0 Å². The first-order valence-electron chi connectivity index (χ1n) is 6.88. The predicted octanol–water partition coefficient (Wildman–Crippen LogP) is 5.22. The number of hydrogen-bond acceptors (Lipinski definition) is 2. The van der Waals surface area contributed by atoms with Crippen LogP contribution in [-0.2, 0) is 0 Å². The van der Waals surface area contributed by atoms with E-state index in [4.69, 9.17) is 9.47 Å². The van der Waals surface area contributed by atoms with Crippen molar-refractivity contribution in [1.82, 2.24) is 0 Å². The van der Waals surface area contributed by atoms with Crippen LogP contribution in [-0.4, -0.2) is 6.61 Å². The van der Waals surface area contributed by atoms with Gasteiger partial charge in [0.15, 0.2) is 23.1 Å². The third kappa shape index (κ3) is 3.31. The number of hydrogen-bond donors (Lipinski definition) is 0. The van der Waals surface area contributed by atoms with Crippen molar-refractivity contribution in [2.45, 2.75) is 13.8 Å². The summed E-state index contributed by atoms with van der Waals surface area (Å²) in [5.74, 6) is -5.81. The second kappa shape index (κ2) is 7.17. The Morgan fingerprint density at radius 3 is 1.87 bits per heavy atom. The van der Waals surface area contributed by atoms with Gasteiger partial charge in [0, 0.05) is 11.1 Å². The number of benzene rings is 2. The van der Waals surface area contributed by atoms with Gasteiger partial charge in [-0.2, -0.15) is 8.78 Å². The van der Waals surface area contributed by atoms with Gasteiger partial charge in [0.05, 0.1) is 12.9 Å². The van der Waals surface area contributed by atoms with Crippen molar-refractivity contribution < 1.29 is 27.0 Å². The maximum absolute atomic E-state index is 14.1. The largest absolute Gasteiger partial charge is 0.491 e. The summed E-state index contributed by atoms with van der Waals surface area (Å²) < 4.78 is 65.8. The maximum atomic E-state index is 14.1. The normalized spacial score (nSPS) is 11.0. The Kier molecular flexibility index (Phi) is 5.26. The summed E-state index contributed by atoms with van der Waals surface area (Å²) in [5, 5.41) is 0. The second-order valence-electron chi connectivity index (χ2n) is 4.50. The molecule has 0 heterocycles. The maximum Gasteiger partial charge on any atom is 0.201 e. The molecule has 0 saturated heterocycles. The topological polar surface area (TPSA) is 18.5 Å². The van der Waals surface area contributed by atoms with Crippen LogP contribution in [0.15, 0.2) is 36.6 Å². The van der Waals surface area contributed by atoms with Crippen molar-refractivity contribution in [3.05, 3.63) is 59.9 Å². The molecule has 2 nitrogen and oxygen atoms in total. The molecule has 0 N–H and O–H groups in total. The molecule has 2 rings (SSSR count). The number of ether oxygens (including phenoxy) is 2. The fourth-order valence-corrected chi connectivity index (χ4v) is 1.98. The van der Waals surface area contributed by atoms with Gasteiger partial charge in [0.25, 0.3) is 0 Å². The fraction of sp³-hybridized carbons (Fsp3) is 0.176. The first-order valence-corrected chi connectivity index (χ1v) is 6.88. The summed E-state index contributed by atoms with van der Waals surface area (Å²) in [6.45, 7) is 3.40. The van der Waals surface area contributed by atoms with Crippen molar-refractivity contribution in [2.24, 2.45) is 0 Å². The van der Waals surface area contributed by atoms with Gasteiger partial charge in [0.1, 0.15) is 0 Å². The quantitative estimate of drug-likeness (QED) is 0.554. The standard InChI is InChI=1S/C17H14F4O2/c1-3-9-23-13-8-6-11(15(19)17(13)21)10-5-7-12(22-4-2)16(20)14(10)18/h3,5-9H,4H2,1-2H3/b9-3+. The Morgan fingerprint density at radius 2 is 1.35 bits per heavy atom. The fourth-order valence-electron chi connectivity index (χ4n) is 1.98. The van der Waals surface area contributed by atoms with E-state index in [9.17, 15) is 17.6 Å². The molecule has 0 aromatic heterocycles. The summed E-state index contributed by atoms with van der Waals surface area (Å²) in [6.07, 6.45) is 2.67. The zero-order chi connectivity index (χ0) is 17.0. The lowest BCUT2D eigenvalue weighted by Gasteiger charge is -2.11. The Labute approximate surface area is 131 Å². The molecule has 2 aromatic rings. The lowest BCUT2D eigenvalue weighted by Crippen LogP contribution is -2.00. The van der Waals surface area contributed by atoms with E-state index in [1.54, 1.807) is 13.8 Å². The molecule has 2 aromatic carbocycles. The van der Waals surface area contributed by atoms with Gasteiger partial charge in [-0.05, 0) is 38.1 Å². The first kappa shape index (κ1) is 16.9. The molecule has 23 heavy (non-hydrogen) atoms. The van der Waals surface area contributed by atoms with E-state index >= 15 is 0 Å². The Balaban J connectivity index is 2.51. The van der Waals surface area contributed by atoms with Gasteiger partial charge >= 0.3 is 0 Å². The second-order valence-corrected chi connectivity index (χ2v) is 4.50. The molecule has 6 heteroatoms. The van der Waals surface area contributed by atoms with Gasteiger partial charge in [0.2, 0.25) is 11.6 Å². The highest BCUT2D eigenvalue weighted by molar-refractivity contribution is 5.67. The highest BCUT2D eigenvalue weighted by Gasteiger charge is 2.21. The number of halogens is 4. The molecular formula is C17H14F4O2. The lowest BCUT2D eigenvalue weighted by atomic mass is 10.0. The van der Waals surface area contributed by atoms with Crippen LogP contribution in [0.1, 0.15) is 13.8 Å². The van der Waals surface area contributed by atoms with Gasteiger partial charge in [-0.15, -0.1) is 0 Å². The zero-order valence-corrected chi connectivity index (χ0v) is 12.5. The molecule has 0 fully saturated rings. The van der Waals surface area contributed by atoms with E-state index < -0.39 is 34.4 Å². The lowest BCUT2D eigenvalue weighted by molar-refractivity contribution is 0.314. The predicted molar refractivity (Wildman–Crippen MR) is 78.3 cm³/mol. The molecule has 0 unspecified atom stereocenters. The van der Waals surface area contributed by atoms with E-state index in [0.29, 0.717) is 0 Å². The van der Waals surface area contributed by atoms with Gasteiger partial charge in [-0.3, -0.25) is 0 Å². The molecule has 0 atom stereocenters. The Morgan fingerprint density at radius 1 is 0.826 bits per heavy atom. The van der Waals surface area contributed by atoms with Crippen LogP contribution in [0.5, 0.6) is 11.5 Å². The van der Waals surface area contributed by atoms with Crippen LogP contribution in [0.4, 0.5) is 17.6 Å². The van der Waals surface area contributed by atoms with Crippen LogP contribution in [0.25, 0.3) is 11.1 Å². The first-order chi connectivity index (χ1) is 11.0. The van der Waals surface area contributed by atoms with E-state index in [2.05, 4.69) is 0 Å². The van der Waals surface area contributed by atoms with Crippen molar-refractivity contribution in [1.29, 1.82) is 0 Å². The van der Waals surface area contributed by atoms with E-state index in [-0.39, 0.29) is 18.1 Å². The molecule has 0 spiro atoms. The molecule has 0 aliphatic rings. The van der Waals surface area contributed by atoms with Gasteiger partial charge < -0.3 is 9.47 Å². The molecule has 122 valence electrons. The minimum Gasteiger partial charge on any atom is -0.491 e. The van der Waals surface area contributed by atoms with Crippen molar-refractivity contribution in [3.8, 4) is 22.6 Å². The van der Waals surface area contributed by atoms with Crippen molar-refractivity contribution in [2.75, 3.05) is 6.61 Å². The molecule has 0 radical (unpaired) electrons. The van der Waals surface area contributed by atoms with Crippen LogP contribution in [0, 0.1) is 23.3 Å². The molecular weight excluding hydrogens is 312 g/mol. The minimum absolute atomic E-state index is 0.148. The van der Waals surface area contributed by atoms with Crippen molar-refractivity contribution >= 4 is 0 Å². The van der Waals surface area contributed by atoms with Crippen LogP contribution in [0.2, 0.25) is 0 Å². The molecule has 0 saturated carbocycles. The average molecular weight is 326 g/mol. The SMILES string of the molecule is C/C=C/Oc1ccc(-c2ccc(OCC)c(F)c2F)c(F)c1F. The smallest absolute Gasteiger partial charge is 0.201 e. The Bertz CT molecular complexity index is 742. The summed E-state index contributed by atoms with van der Waals surface area (Å²) >= 11 is 0. The zero-order valence-electron chi connectivity index (χ0n) is 12.5. The summed E-state index contributed by atoms with van der Waals surface area (Å²) in [7, 11) is 0. The summed E-state index contributed by atoms with van der Waals surface area (Å²) in [6, 6.07) is 4.56. The van der Waals surface area contributed by atoms with Crippen LogP contribution in [0.3, 0.4) is 0 Å². The highest BCUT2D eigenvalue weighted by atomic mass is 19.2. The van der Waals surface area contributed by atoms with Gasteiger partial charge in [-0.1, -0.05) is 6.08 Å². The molecule has 0 amide bonds. The Hall–Kier alpha value is -2.50. The number of allylic oxidation sites excluding steroid dienone is 1. The molecule has 0 bridgehead atoms. The minimum atomic E-state index is -1.32. The highest BCUT2D eigenvalue weighted by Crippen LogP contribution is 2.34. The van der Waals surface area contributed by atoms with E-state index in [1.165, 1.54) is 18.4 Å².